The molecule has 0 radical (unpaired) electrons. The van der Waals surface area contributed by atoms with Gasteiger partial charge in [-0.1, -0.05) is 29.8 Å². The summed E-state index contributed by atoms with van der Waals surface area (Å²) in [7, 11) is 0. The second-order valence-corrected chi connectivity index (χ2v) is 5.39. The SMILES string of the molecule is Cc1cccc(C2(CNC3CNC3)CC2)c1. The third kappa shape index (κ3) is 1.87. The van der Waals surface area contributed by atoms with Crippen LogP contribution in [0, 0.1) is 6.92 Å². The van der Waals surface area contributed by atoms with Gasteiger partial charge < -0.3 is 10.6 Å². The molecule has 1 aliphatic carbocycles. The normalized spacial score (nSPS) is 22.8. The highest BCUT2D eigenvalue weighted by molar-refractivity contribution is 5.34. The molecule has 2 aliphatic rings. The zero-order valence-electron chi connectivity index (χ0n) is 9.92. The van der Waals surface area contributed by atoms with Gasteiger partial charge in [-0.05, 0) is 25.3 Å². The third-order valence-electron chi connectivity index (χ3n) is 3.99. The monoisotopic (exact) mass is 216 g/mol. The van der Waals surface area contributed by atoms with Crippen LogP contribution in [0.1, 0.15) is 24.0 Å². The molecule has 0 unspecified atom stereocenters. The van der Waals surface area contributed by atoms with Crippen LogP contribution < -0.4 is 10.6 Å². The van der Waals surface area contributed by atoms with E-state index in [0.717, 1.165) is 19.6 Å². The molecular weight excluding hydrogens is 196 g/mol. The maximum Gasteiger partial charge on any atom is 0.0317 e. The van der Waals surface area contributed by atoms with E-state index in [1.54, 1.807) is 0 Å². The summed E-state index contributed by atoms with van der Waals surface area (Å²) in [6.45, 7) is 5.62. The lowest BCUT2D eigenvalue weighted by Crippen LogP contribution is -2.56. The number of hydrogen-bond donors (Lipinski definition) is 2. The first-order valence-electron chi connectivity index (χ1n) is 6.30. The van der Waals surface area contributed by atoms with E-state index in [2.05, 4.69) is 41.8 Å². The standard InChI is InChI=1S/C14H20N2/c1-11-3-2-4-12(7-11)14(5-6-14)10-16-13-8-15-9-13/h2-4,7,13,15-16H,5-6,8-10H2,1H3. The minimum atomic E-state index is 0.460. The topological polar surface area (TPSA) is 24.1 Å². The van der Waals surface area contributed by atoms with Crippen molar-refractivity contribution in [2.24, 2.45) is 0 Å². The van der Waals surface area contributed by atoms with Crippen LogP contribution in [-0.4, -0.2) is 25.7 Å². The Morgan fingerprint density at radius 1 is 1.38 bits per heavy atom. The molecule has 0 spiro atoms. The van der Waals surface area contributed by atoms with E-state index >= 15 is 0 Å². The van der Waals surface area contributed by atoms with Crippen molar-refractivity contribution < 1.29 is 0 Å². The van der Waals surface area contributed by atoms with Crippen molar-refractivity contribution in [1.29, 1.82) is 0 Å². The van der Waals surface area contributed by atoms with Gasteiger partial charge in [0.2, 0.25) is 0 Å². The van der Waals surface area contributed by atoms with Crippen LogP contribution in [0.15, 0.2) is 24.3 Å². The number of aryl methyl sites for hydroxylation is 1. The van der Waals surface area contributed by atoms with Crippen LogP contribution in [-0.2, 0) is 5.41 Å². The zero-order chi connectivity index (χ0) is 11.0. The Kier molecular flexibility index (Phi) is 2.49. The summed E-state index contributed by atoms with van der Waals surface area (Å²) in [5.74, 6) is 0. The fraction of sp³-hybridized carbons (Fsp3) is 0.571. The molecule has 2 nitrogen and oxygen atoms in total. The summed E-state index contributed by atoms with van der Waals surface area (Å²) in [4.78, 5) is 0. The Balaban J connectivity index is 1.67. The summed E-state index contributed by atoms with van der Waals surface area (Å²) in [6.07, 6.45) is 2.70. The first-order chi connectivity index (χ1) is 7.78. The van der Waals surface area contributed by atoms with Crippen LogP contribution in [0.25, 0.3) is 0 Å². The molecule has 1 saturated carbocycles. The fourth-order valence-electron chi connectivity index (χ4n) is 2.47. The lowest BCUT2D eigenvalue weighted by molar-refractivity contribution is 0.354. The second-order valence-electron chi connectivity index (χ2n) is 5.39. The summed E-state index contributed by atoms with van der Waals surface area (Å²) in [5, 5.41) is 6.98. The van der Waals surface area contributed by atoms with Crippen molar-refractivity contribution in [3.05, 3.63) is 35.4 Å². The Bertz CT molecular complexity index is 378. The molecule has 1 aliphatic heterocycles. The highest BCUT2D eigenvalue weighted by Crippen LogP contribution is 2.47. The minimum Gasteiger partial charge on any atom is -0.314 e. The van der Waals surface area contributed by atoms with E-state index in [9.17, 15) is 0 Å². The van der Waals surface area contributed by atoms with Crippen molar-refractivity contribution in [2.45, 2.75) is 31.2 Å². The number of benzene rings is 1. The summed E-state index contributed by atoms with van der Waals surface area (Å²) >= 11 is 0. The molecule has 0 bridgehead atoms. The predicted molar refractivity (Wildman–Crippen MR) is 66.8 cm³/mol. The molecule has 1 saturated heterocycles. The zero-order valence-corrected chi connectivity index (χ0v) is 9.92. The number of rotatable bonds is 4. The average molecular weight is 216 g/mol. The predicted octanol–water partition coefficient (Wildman–Crippen LogP) is 1.59. The average Bonchev–Trinajstić information content (AvgIpc) is 2.97. The van der Waals surface area contributed by atoms with E-state index in [0.29, 0.717) is 11.5 Å². The third-order valence-corrected chi connectivity index (χ3v) is 3.99. The first kappa shape index (κ1) is 10.3. The largest absolute Gasteiger partial charge is 0.314 e. The van der Waals surface area contributed by atoms with Gasteiger partial charge in [-0.15, -0.1) is 0 Å². The Morgan fingerprint density at radius 2 is 2.19 bits per heavy atom. The Hall–Kier alpha value is -0.860. The highest BCUT2D eigenvalue weighted by Gasteiger charge is 2.44. The van der Waals surface area contributed by atoms with Crippen molar-refractivity contribution in [3.8, 4) is 0 Å². The molecule has 0 aromatic heterocycles. The van der Waals surface area contributed by atoms with Crippen LogP contribution in [0.5, 0.6) is 0 Å². The molecule has 3 rings (SSSR count). The summed E-state index contributed by atoms with van der Waals surface area (Å²) < 4.78 is 0. The number of hydrogen-bond acceptors (Lipinski definition) is 2. The molecule has 16 heavy (non-hydrogen) atoms. The summed E-state index contributed by atoms with van der Waals surface area (Å²) in [6, 6.07) is 9.73. The number of nitrogens with one attached hydrogen (secondary N) is 2. The van der Waals surface area contributed by atoms with E-state index in [1.165, 1.54) is 24.0 Å². The second kappa shape index (κ2) is 3.86. The van der Waals surface area contributed by atoms with E-state index in [4.69, 9.17) is 0 Å². The molecular formula is C14H20N2. The Labute approximate surface area is 97.4 Å². The minimum absolute atomic E-state index is 0.460. The quantitative estimate of drug-likeness (QED) is 0.798. The van der Waals surface area contributed by atoms with Crippen LogP contribution in [0.2, 0.25) is 0 Å². The maximum absolute atomic E-state index is 3.68. The molecule has 2 fully saturated rings. The highest BCUT2D eigenvalue weighted by atomic mass is 15.1. The van der Waals surface area contributed by atoms with E-state index < -0.39 is 0 Å². The molecule has 2 N–H and O–H groups in total. The summed E-state index contributed by atoms with van der Waals surface area (Å²) in [5.41, 5.74) is 3.38. The van der Waals surface area contributed by atoms with Gasteiger partial charge in [0.1, 0.15) is 0 Å². The van der Waals surface area contributed by atoms with Crippen molar-refractivity contribution in [1.82, 2.24) is 10.6 Å². The molecule has 86 valence electrons. The van der Waals surface area contributed by atoms with Crippen LogP contribution in [0.3, 0.4) is 0 Å². The molecule has 1 aromatic carbocycles. The molecule has 2 heteroatoms. The molecule has 0 atom stereocenters. The Morgan fingerprint density at radius 3 is 2.75 bits per heavy atom. The van der Waals surface area contributed by atoms with Crippen LogP contribution >= 0.6 is 0 Å². The molecule has 1 heterocycles. The van der Waals surface area contributed by atoms with Gasteiger partial charge in [0, 0.05) is 31.1 Å². The van der Waals surface area contributed by atoms with Gasteiger partial charge in [0.25, 0.3) is 0 Å². The van der Waals surface area contributed by atoms with E-state index in [1.807, 2.05) is 0 Å². The molecule has 0 amide bonds. The first-order valence-corrected chi connectivity index (χ1v) is 6.30. The van der Waals surface area contributed by atoms with Crippen molar-refractivity contribution >= 4 is 0 Å². The van der Waals surface area contributed by atoms with Gasteiger partial charge in [0.15, 0.2) is 0 Å². The van der Waals surface area contributed by atoms with Gasteiger partial charge in [-0.3, -0.25) is 0 Å². The smallest absolute Gasteiger partial charge is 0.0317 e. The lowest BCUT2D eigenvalue weighted by Gasteiger charge is -2.30. The van der Waals surface area contributed by atoms with Gasteiger partial charge >= 0.3 is 0 Å². The molecule has 1 aromatic rings. The van der Waals surface area contributed by atoms with Crippen molar-refractivity contribution in [2.75, 3.05) is 19.6 Å². The van der Waals surface area contributed by atoms with Crippen molar-refractivity contribution in [3.63, 3.8) is 0 Å². The maximum atomic E-state index is 3.68. The van der Waals surface area contributed by atoms with Gasteiger partial charge in [0.05, 0.1) is 0 Å². The fourth-order valence-corrected chi connectivity index (χ4v) is 2.47. The van der Waals surface area contributed by atoms with E-state index in [-0.39, 0.29) is 0 Å². The van der Waals surface area contributed by atoms with Gasteiger partial charge in [-0.25, -0.2) is 0 Å². The van der Waals surface area contributed by atoms with Crippen LogP contribution in [0.4, 0.5) is 0 Å². The van der Waals surface area contributed by atoms with Gasteiger partial charge in [-0.2, -0.15) is 0 Å². The lowest BCUT2D eigenvalue weighted by atomic mass is 9.94.